The fourth-order valence-electron chi connectivity index (χ4n) is 3.01. The van der Waals surface area contributed by atoms with E-state index in [0.29, 0.717) is 16.6 Å². The van der Waals surface area contributed by atoms with Crippen molar-refractivity contribution >= 4 is 49.3 Å². The number of nitrogens with zero attached hydrogens (tertiary/aromatic N) is 2. The molecule has 0 bridgehead atoms. The number of alkyl halides is 3. The van der Waals surface area contributed by atoms with Crippen molar-refractivity contribution in [2.45, 2.75) is 6.18 Å². The van der Waals surface area contributed by atoms with Crippen LogP contribution in [0, 0.1) is 0 Å². The molecule has 4 rings (SSSR count). The molecule has 0 aliphatic carbocycles. The lowest BCUT2D eigenvalue weighted by Crippen LogP contribution is -2.30. The highest BCUT2D eigenvalue weighted by Gasteiger charge is 2.39. The molecule has 1 amide bonds. The van der Waals surface area contributed by atoms with Gasteiger partial charge in [0.25, 0.3) is 0 Å². The van der Waals surface area contributed by atoms with Gasteiger partial charge >= 0.3 is 12.1 Å². The van der Waals surface area contributed by atoms with Crippen molar-refractivity contribution in [1.82, 2.24) is 9.97 Å². The van der Waals surface area contributed by atoms with Crippen molar-refractivity contribution in [1.29, 1.82) is 0 Å². The normalized spacial score (nSPS) is 11.7. The summed E-state index contributed by atoms with van der Waals surface area (Å²) in [6.07, 6.45) is -1.73. The first-order valence-electron chi connectivity index (χ1n) is 8.15. The highest BCUT2D eigenvalue weighted by atomic mass is 79.9. The number of benzene rings is 2. The van der Waals surface area contributed by atoms with E-state index in [1.165, 1.54) is 6.07 Å². The Morgan fingerprint density at radius 1 is 0.893 bits per heavy atom. The fourth-order valence-corrected chi connectivity index (χ4v) is 3.44. The SMILES string of the molecule is O=C(Nc1ccccc1-c1ccnc2cc3nccc(Br)c3cc12)C(F)(F)F. The maximum Gasteiger partial charge on any atom is 0.471 e. The Kier molecular flexibility index (Phi) is 4.50. The number of aromatic nitrogens is 2. The molecule has 0 aliphatic rings. The molecule has 4 nitrogen and oxygen atoms in total. The molecule has 0 spiro atoms. The maximum atomic E-state index is 12.7. The molecule has 1 N–H and O–H groups in total. The molecule has 0 fully saturated rings. The third-order valence-corrected chi connectivity index (χ3v) is 4.97. The Labute approximate surface area is 165 Å². The summed E-state index contributed by atoms with van der Waals surface area (Å²) < 4.78 is 39.0. The predicted molar refractivity (Wildman–Crippen MR) is 105 cm³/mol. The Hall–Kier alpha value is -3.00. The quantitative estimate of drug-likeness (QED) is 0.401. The Bertz CT molecular complexity index is 1220. The minimum Gasteiger partial charge on any atom is -0.318 e. The molecular weight excluding hydrogens is 435 g/mol. The zero-order valence-electron chi connectivity index (χ0n) is 14.1. The van der Waals surface area contributed by atoms with Crippen LogP contribution >= 0.6 is 15.9 Å². The van der Waals surface area contributed by atoms with E-state index in [9.17, 15) is 18.0 Å². The van der Waals surface area contributed by atoms with Gasteiger partial charge in [-0.3, -0.25) is 14.8 Å². The molecule has 0 saturated heterocycles. The zero-order chi connectivity index (χ0) is 19.9. The lowest BCUT2D eigenvalue weighted by Gasteiger charge is -2.14. The van der Waals surface area contributed by atoms with Gasteiger partial charge in [-0.15, -0.1) is 0 Å². The summed E-state index contributed by atoms with van der Waals surface area (Å²) in [6.45, 7) is 0. The van der Waals surface area contributed by atoms with Crippen LogP contribution in [0.4, 0.5) is 18.9 Å². The fraction of sp³-hybridized carbons (Fsp3) is 0.0500. The van der Waals surface area contributed by atoms with E-state index in [1.54, 1.807) is 36.7 Å². The number of anilines is 1. The number of pyridine rings is 2. The van der Waals surface area contributed by atoms with Crippen LogP contribution in [0.25, 0.3) is 32.9 Å². The lowest BCUT2D eigenvalue weighted by atomic mass is 9.98. The number of hydrogen-bond donors (Lipinski definition) is 1. The van der Waals surface area contributed by atoms with Gasteiger partial charge in [-0.2, -0.15) is 13.2 Å². The minimum atomic E-state index is -4.97. The van der Waals surface area contributed by atoms with Gasteiger partial charge in [0, 0.05) is 38.9 Å². The van der Waals surface area contributed by atoms with Crippen molar-refractivity contribution in [3.63, 3.8) is 0 Å². The number of amides is 1. The van der Waals surface area contributed by atoms with Crippen LogP contribution in [0.5, 0.6) is 0 Å². The first-order chi connectivity index (χ1) is 13.3. The van der Waals surface area contributed by atoms with Gasteiger partial charge in [-0.1, -0.05) is 34.1 Å². The first kappa shape index (κ1) is 18.4. The second kappa shape index (κ2) is 6.87. The summed E-state index contributed by atoms with van der Waals surface area (Å²) in [5.74, 6) is -2.02. The van der Waals surface area contributed by atoms with Gasteiger partial charge in [0.05, 0.1) is 11.0 Å². The number of rotatable bonds is 2. The third kappa shape index (κ3) is 3.31. The number of fused-ring (bicyclic) bond motifs is 2. The topological polar surface area (TPSA) is 54.9 Å². The van der Waals surface area contributed by atoms with E-state index in [4.69, 9.17) is 0 Å². The number of carbonyl (C=O) groups is 1. The minimum absolute atomic E-state index is 0.0719. The van der Waals surface area contributed by atoms with E-state index in [0.717, 1.165) is 20.8 Å². The molecule has 0 aliphatic heterocycles. The molecule has 28 heavy (non-hydrogen) atoms. The van der Waals surface area contributed by atoms with Crippen molar-refractivity contribution in [2.75, 3.05) is 5.32 Å². The van der Waals surface area contributed by atoms with Gasteiger partial charge < -0.3 is 5.32 Å². The maximum absolute atomic E-state index is 12.7. The van der Waals surface area contributed by atoms with Crippen molar-refractivity contribution in [2.24, 2.45) is 0 Å². The van der Waals surface area contributed by atoms with Gasteiger partial charge in [-0.05, 0) is 35.9 Å². The van der Waals surface area contributed by atoms with Gasteiger partial charge in [-0.25, -0.2) is 0 Å². The number of nitrogens with one attached hydrogen (secondary N) is 1. The molecule has 2 aromatic carbocycles. The molecule has 0 saturated carbocycles. The van der Waals surface area contributed by atoms with E-state index in [1.807, 2.05) is 23.5 Å². The van der Waals surface area contributed by atoms with E-state index >= 15 is 0 Å². The van der Waals surface area contributed by atoms with E-state index < -0.39 is 12.1 Å². The van der Waals surface area contributed by atoms with Gasteiger partial charge in [0.1, 0.15) is 0 Å². The van der Waals surface area contributed by atoms with Crippen molar-refractivity contribution in [3.05, 3.63) is 65.4 Å². The van der Waals surface area contributed by atoms with Crippen LogP contribution in [0.1, 0.15) is 0 Å². The second-order valence-corrected chi connectivity index (χ2v) is 6.89. The Morgan fingerprint density at radius 2 is 1.57 bits per heavy atom. The van der Waals surface area contributed by atoms with Gasteiger partial charge in [0.15, 0.2) is 0 Å². The summed E-state index contributed by atoms with van der Waals surface area (Å²) in [7, 11) is 0. The highest BCUT2D eigenvalue weighted by Crippen LogP contribution is 2.36. The molecule has 8 heteroatoms. The van der Waals surface area contributed by atoms with Crippen LogP contribution < -0.4 is 5.32 Å². The van der Waals surface area contributed by atoms with Crippen LogP contribution in [0.2, 0.25) is 0 Å². The molecule has 140 valence electrons. The smallest absolute Gasteiger partial charge is 0.318 e. The summed E-state index contributed by atoms with van der Waals surface area (Å²) in [5.41, 5.74) is 2.58. The monoisotopic (exact) mass is 445 g/mol. The number of para-hydroxylation sites is 1. The van der Waals surface area contributed by atoms with E-state index in [2.05, 4.69) is 25.9 Å². The number of hydrogen-bond acceptors (Lipinski definition) is 3. The molecule has 2 aromatic heterocycles. The average Bonchev–Trinajstić information content (AvgIpc) is 2.66. The average molecular weight is 446 g/mol. The van der Waals surface area contributed by atoms with Crippen molar-refractivity contribution in [3.8, 4) is 11.1 Å². The summed E-state index contributed by atoms with van der Waals surface area (Å²) in [4.78, 5) is 20.1. The Balaban J connectivity index is 1.93. The molecule has 4 aromatic rings. The number of carbonyl (C=O) groups excluding carboxylic acids is 1. The third-order valence-electron chi connectivity index (χ3n) is 4.27. The predicted octanol–water partition coefficient (Wildman–Crippen LogP) is 5.71. The standard InChI is InChI=1S/C20H11BrF3N3O/c21-15-6-8-26-18-10-17-13(9-14(15)18)11(5-7-25-17)12-3-1-2-4-16(12)27-19(28)20(22,23)24/h1-10H,(H,27,28). The van der Waals surface area contributed by atoms with Crippen LogP contribution in [-0.2, 0) is 4.79 Å². The largest absolute Gasteiger partial charge is 0.471 e. The molecule has 0 atom stereocenters. The first-order valence-corrected chi connectivity index (χ1v) is 8.94. The van der Waals surface area contributed by atoms with Crippen LogP contribution in [0.3, 0.4) is 0 Å². The summed E-state index contributed by atoms with van der Waals surface area (Å²) in [6, 6.07) is 13.6. The molecule has 2 heterocycles. The summed E-state index contributed by atoms with van der Waals surface area (Å²) in [5, 5.41) is 3.54. The van der Waals surface area contributed by atoms with E-state index in [-0.39, 0.29) is 5.69 Å². The van der Waals surface area contributed by atoms with Crippen LogP contribution in [-0.4, -0.2) is 22.1 Å². The highest BCUT2D eigenvalue weighted by molar-refractivity contribution is 9.10. The molecule has 0 unspecified atom stereocenters. The van der Waals surface area contributed by atoms with Crippen molar-refractivity contribution < 1.29 is 18.0 Å². The Morgan fingerprint density at radius 3 is 2.32 bits per heavy atom. The van der Waals surface area contributed by atoms with Gasteiger partial charge in [0.2, 0.25) is 0 Å². The summed E-state index contributed by atoms with van der Waals surface area (Å²) >= 11 is 3.49. The van der Waals surface area contributed by atoms with Crippen LogP contribution in [0.15, 0.2) is 65.4 Å². The second-order valence-electron chi connectivity index (χ2n) is 6.04. The number of halogens is 4. The lowest BCUT2D eigenvalue weighted by molar-refractivity contribution is -0.167. The molecular formula is C20H11BrF3N3O. The molecule has 0 radical (unpaired) electrons. The zero-order valence-corrected chi connectivity index (χ0v) is 15.7.